The van der Waals surface area contributed by atoms with E-state index >= 15 is 0 Å². The lowest BCUT2D eigenvalue weighted by atomic mass is 10.0. The Hall–Kier alpha value is -1.87. The molecule has 0 aromatic heterocycles. The molecular weight excluding hydrogens is 312 g/mol. The third-order valence-corrected chi connectivity index (χ3v) is 4.68. The lowest BCUT2D eigenvalue weighted by molar-refractivity contribution is 1.09. The van der Waals surface area contributed by atoms with Crippen molar-refractivity contribution in [2.24, 2.45) is 0 Å². The molecule has 128 valence electrons. The van der Waals surface area contributed by atoms with E-state index in [0.29, 0.717) is 5.11 Å². The van der Waals surface area contributed by atoms with Gasteiger partial charge in [0.1, 0.15) is 0 Å². The predicted molar refractivity (Wildman–Crippen MR) is 110 cm³/mol. The molecule has 0 aliphatic rings. The highest BCUT2D eigenvalue weighted by molar-refractivity contribution is 7.80. The number of thiocarbonyl (C=S) groups is 1. The van der Waals surface area contributed by atoms with E-state index in [-0.39, 0.29) is 0 Å². The molecule has 0 saturated carbocycles. The lowest BCUT2D eigenvalue weighted by Gasteiger charge is -2.19. The van der Waals surface area contributed by atoms with Gasteiger partial charge in [-0.15, -0.1) is 0 Å². The number of nitrogens with one attached hydrogen (secondary N) is 2. The number of rotatable bonds is 6. The molecule has 2 nitrogen and oxygen atoms in total. The van der Waals surface area contributed by atoms with E-state index < -0.39 is 0 Å². The zero-order valence-corrected chi connectivity index (χ0v) is 16.0. The number of hydrogen-bond donors (Lipinski definition) is 2. The first-order chi connectivity index (χ1) is 11.6. The van der Waals surface area contributed by atoms with Crippen LogP contribution >= 0.6 is 12.2 Å². The molecule has 0 spiro atoms. The summed E-state index contributed by atoms with van der Waals surface area (Å²) in [5.41, 5.74) is 7.53. The summed E-state index contributed by atoms with van der Waals surface area (Å²) in [4.78, 5) is 0. The minimum Gasteiger partial charge on any atom is -0.332 e. The SMILES string of the molecule is CCc1cccc(CC)c1NC(=S)Nc1c(CC)cccc1CC. The molecule has 0 amide bonds. The fourth-order valence-electron chi connectivity index (χ4n) is 3.06. The van der Waals surface area contributed by atoms with E-state index in [2.05, 4.69) is 74.7 Å². The second-order valence-corrected chi connectivity index (χ2v) is 6.30. The van der Waals surface area contributed by atoms with Gasteiger partial charge in [0, 0.05) is 11.4 Å². The van der Waals surface area contributed by atoms with E-state index in [1.54, 1.807) is 0 Å². The molecular formula is C21H28N2S. The molecule has 0 fully saturated rings. The predicted octanol–water partition coefficient (Wildman–Crippen LogP) is 5.75. The van der Waals surface area contributed by atoms with Crippen LogP contribution in [0.1, 0.15) is 49.9 Å². The molecule has 0 saturated heterocycles. The van der Waals surface area contributed by atoms with Crippen molar-refractivity contribution < 1.29 is 0 Å². The van der Waals surface area contributed by atoms with Gasteiger partial charge in [-0.05, 0) is 60.2 Å². The maximum absolute atomic E-state index is 5.63. The molecule has 24 heavy (non-hydrogen) atoms. The molecule has 0 heterocycles. The van der Waals surface area contributed by atoms with Gasteiger partial charge >= 0.3 is 0 Å². The number of anilines is 2. The summed E-state index contributed by atoms with van der Waals surface area (Å²) in [6, 6.07) is 12.9. The summed E-state index contributed by atoms with van der Waals surface area (Å²) in [6.07, 6.45) is 3.96. The molecule has 0 atom stereocenters. The summed E-state index contributed by atoms with van der Waals surface area (Å²) in [7, 11) is 0. The van der Waals surface area contributed by atoms with Crippen LogP contribution in [0.4, 0.5) is 11.4 Å². The summed E-state index contributed by atoms with van der Waals surface area (Å²) in [5.74, 6) is 0. The summed E-state index contributed by atoms with van der Waals surface area (Å²) in [6.45, 7) is 8.71. The maximum Gasteiger partial charge on any atom is 0.175 e. The molecule has 3 heteroatoms. The molecule has 0 aliphatic carbocycles. The van der Waals surface area contributed by atoms with Gasteiger partial charge in [-0.25, -0.2) is 0 Å². The van der Waals surface area contributed by atoms with Crippen molar-refractivity contribution in [2.75, 3.05) is 10.6 Å². The van der Waals surface area contributed by atoms with Gasteiger partial charge in [0.25, 0.3) is 0 Å². The minimum atomic E-state index is 0.668. The molecule has 0 radical (unpaired) electrons. The highest BCUT2D eigenvalue weighted by Gasteiger charge is 2.11. The van der Waals surface area contributed by atoms with Crippen LogP contribution in [0.15, 0.2) is 36.4 Å². The van der Waals surface area contributed by atoms with Crippen LogP contribution in [0.25, 0.3) is 0 Å². The normalized spacial score (nSPS) is 10.5. The minimum absolute atomic E-state index is 0.668. The van der Waals surface area contributed by atoms with Crippen LogP contribution in [-0.4, -0.2) is 5.11 Å². The molecule has 2 rings (SSSR count). The maximum atomic E-state index is 5.63. The van der Waals surface area contributed by atoms with Crippen LogP contribution in [-0.2, 0) is 25.7 Å². The average Bonchev–Trinajstić information content (AvgIpc) is 2.61. The quantitative estimate of drug-likeness (QED) is 0.655. The number of para-hydroxylation sites is 2. The summed E-state index contributed by atoms with van der Waals surface area (Å²) in [5, 5.41) is 7.57. The van der Waals surface area contributed by atoms with Crippen molar-refractivity contribution in [3.05, 3.63) is 58.7 Å². The van der Waals surface area contributed by atoms with Crippen LogP contribution in [0.5, 0.6) is 0 Å². The Morgan fingerprint density at radius 1 is 0.667 bits per heavy atom. The van der Waals surface area contributed by atoms with Gasteiger partial charge in [0.2, 0.25) is 0 Å². The Labute approximate surface area is 151 Å². The van der Waals surface area contributed by atoms with Crippen LogP contribution in [0.3, 0.4) is 0 Å². The molecule has 0 unspecified atom stereocenters. The smallest absolute Gasteiger partial charge is 0.175 e. The second kappa shape index (κ2) is 8.84. The number of aryl methyl sites for hydroxylation is 4. The zero-order chi connectivity index (χ0) is 17.5. The van der Waals surface area contributed by atoms with Crippen molar-refractivity contribution >= 4 is 28.7 Å². The Bertz CT molecular complexity index is 603. The monoisotopic (exact) mass is 340 g/mol. The first-order valence-corrected chi connectivity index (χ1v) is 9.34. The van der Waals surface area contributed by atoms with Crippen molar-refractivity contribution in [3.8, 4) is 0 Å². The first kappa shape index (κ1) is 18.5. The van der Waals surface area contributed by atoms with E-state index in [0.717, 1.165) is 37.1 Å². The summed E-state index contributed by atoms with van der Waals surface area (Å²) >= 11 is 5.63. The molecule has 0 aliphatic heterocycles. The molecule has 2 aromatic carbocycles. The lowest BCUT2D eigenvalue weighted by Crippen LogP contribution is -2.22. The number of hydrogen-bond acceptors (Lipinski definition) is 1. The fraction of sp³-hybridized carbons (Fsp3) is 0.381. The summed E-state index contributed by atoms with van der Waals surface area (Å²) < 4.78 is 0. The van der Waals surface area contributed by atoms with Crippen LogP contribution < -0.4 is 10.6 Å². The van der Waals surface area contributed by atoms with Gasteiger partial charge in [0.05, 0.1) is 0 Å². The topological polar surface area (TPSA) is 24.1 Å². The highest BCUT2D eigenvalue weighted by atomic mass is 32.1. The highest BCUT2D eigenvalue weighted by Crippen LogP contribution is 2.25. The van der Waals surface area contributed by atoms with Gasteiger partial charge in [-0.2, -0.15) is 0 Å². The van der Waals surface area contributed by atoms with Crippen molar-refractivity contribution in [3.63, 3.8) is 0 Å². The van der Waals surface area contributed by atoms with Gasteiger partial charge < -0.3 is 10.6 Å². The van der Waals surface area contributed by atoms with Gasteiger partial charge in [-0.1, -0.05) is 64.1 Å². The van der Waals surface area contributed by atoms with Gasteiger partial charge in [-0.3, -0.25) is 0 Å². The first-order valence-electron chi connectivity index (χ1n) is 8.93. The van der Waals surface area contributed by atoms with E-state index in [1.807, 2.05) is 0 Å². The third-order valence-electron chi connectivity index (χ3n) is 4.47. The van der Waals surface area contributed by atoms with Crippen LogP contribution in [0.2, 0.25) is 0 Å². The second-order valence-electron chi connectivity index (χ2n) is 5.90. The van der Waals surface area contributed by atoms with Crippen molar-refractivity contribution in [1.29, 1.82) is 0 Å². The molecule has 2 aromatic rings. The molecule has 0 bridgehead atoms. The largest absolute Gasteiger partial charge is 0.332 e. The third kappa shape index (κ3) is 4.15. The Morgan fingerprint density at radius 2 is 0.958 bits per heavy atom. The van der Waals surface area contributed by atoms with E-state index in [9.17, 15) is 0 Å². The van der Waals surface area contributed by atoms with Crippen molar-refractivity contribution in [1.82, 2.24) is 0 Å². The average molecular weight is 341 g/mol. The Kier molecular flexibility index (Phi) is 6.80. The number of benzene rings is 2. The van der Waals surface area contributed by atoms with E-state index in [4.69, 9.17) is 12.2 Å². The standard InChI is InChI=1S/C21H28N2S/c1-5-15-11-9-12-16(6-2)19(15)22-21(24)23-20-17(7-3)13-10-14-18(20)8-4/h9-14H,5-8H2,1-4H3,(H2,22,23,24). The van der Waals surface area contributed by atoms with Crippen molar-refractivity contribution in [2.45, 2.75) is 53.4 Å². The Balaban J connectivity index is 2.27. The molecule has 2 N–H and O–H groups in total. The Morgan fingerprint density at radius 3 is 1.21 bits per heavy atom. The van der Waals surface area contributed by atoms with Gasteiger partial charge in [0.15, 0.2) is 5.11 Å². The zero-order valence-electron chi connectivity index (χ0n) is 15.2. The van der Waals surface area contributed by atoms with E-state index in [1.165, 1.54) is 22.3 Å². The van der Waals surface area contributed by atoms with Crippen LogP contribution in [0, 0.1) is 0 Å². The fourth-order valence-corrected chi connectivity index (χ4v) is 3.27.